The monoisotopic (exact) mass is 236 g/mol. The number of hydrogen-bond donors (Lipinski definition) is 0. The zero-order chi connectivity index (χ0) is 13.2. The fraction of sp³-hybridized carbons (Fsp3) is 0.533. The van der Waals surface area contributed by atoms with Gasteiger partial charge in [-0.05, 0) is 29.0 Å². The van der Waals surface area contributed by atoms with Crippen LogP contribution in [-0.4, -0.2) is 5.78 Å². The Kier molecular flexibility index (Phi) is 4.07. The molecule has 0 aromatic heterocycles. The zero-order valence-electron chi connectivity index (χ0n) is 11.3. The third-order valence-corrected chi connectivity index (χ3v) is 2.73. The van der Waals surface area contributed by atoms with Crippen LogP contribution in [0.5, 0.6) is 0 Å². The van der Waals surface area contributed by atoms with Gasteiger partial charge in [-0.15, -0.1) is 0 Å². The summed E-state index contributed by atoms with van der Waals surface area (Å²) in [6.07, 6.45) is 0.393. The Morgan fingerprint density at radius 1 is 1.29 bits per heavy atom. The number of benzene rings is 1. The van der Waals surface area contributed by atoms with Crippen LogP contribution in [0.2, 0.25) is 0 Å². The van der Waals surface area contributed by atoms with E-state index in [1.54, 1.807) is 12.1 Å². The van der Waals surface area contributed by atoms with Gasteiger partial charge >= 0.3 is 0 Å². The molecule has 0 unspecified atom stereocenters. The quantitative estimate of drug-likeness (QED) is 0.713. The fourth-order valence-electron chi connectivity index (χ4n) is 1.69. The van der Waals surface area contributed by atoms with E-state index in [2.05, 4.69) is 20.8 Å². The molecule has 1 nitrogen and oxygen atoms in total. The molecule has 0 saturated heterocycles. The molecule has 2 heteroatoms. The van der Waals surface area contributed by atoms with Crippen molar-refractivity contribution in [3.05, 3.63) is 35.1 Å². The number of carbonyl (C=O) groups excluding carboxylic acids is 1. The van der Waals surface area contributed by atoms with Gasteiger partial charge in [-0.25, -0.2) is 4.39 Å². The molecule has 1 rings (SSSR count). The number of halogens is 1. The summed E-state index contributed by atoms with van der Waals surface area (Å²) in [6.45, 7) is 10.1. The molecule has 0 N–H and O–H groups in total. The van der Waals surface area contributed by atoms with E-state index in [0.717, 1.165) is 5.56 Å². The highest BCUT2D eigenvalue weighted by atomic mass is 19.1. The maximum Gasteiger partial charge on any atom is 0.166 e. The minimum absolute atomic E-state index is 0.0689. The highest BCUT2D eigenvalue weighted by Gasteiger charge is 2.19. The van der Waals surface area contributed by atoms with Crippen LogP contribution in [-0.2, 0) is 5.41 Å². The van der Waals surface area contributed by atoms with Crippen molar-refractivity contribution in [2.75, 3.05) is 0 Å². The van der Waals surface area contributed by atoms with E-state index in [9.17, 15) is 9.18 Å². The summed E-state index contributed by atoms with van der Waals surface area (Å²) in [6, 6.07) is 4.84. The summed E-state index contributed by atoms with van der Waals surface area (Å²) in [5.41, 5.74) is 1.15. The maximum absolute atomic E-state index is 13.6. The Balaban J connectivity index is 3.11. The van der Waals surface area contributed by atoms with Gasteiger partial charge < -0.3 is 0 Å². The number of ketones is 1. The second-order valence-electron chi connectivity index (χ2n) is 5.97. The van der Waals surface area contributed by atoms with Gasteiger partial charge in [-0.3, -0.25) is 4.79 Å². The van der Waals surface area contributed by atoms with E-state index in [1.807, 2.05) is 13.8 Å². The van der Waals surface area contributed by atoms with Crippen molar-refractivity contribution in [1.29, 1.82) is 0 Å². The molecule has 0 aliphatic rings. The first-order chi connectivity index (χ1) is 7.71. The molecular formula is C15H21FO. The van der Waals surface area contributed by atoms with E-state index >= 15 is 0 Å². The molecule has 0 aliphatic heterocycles. The van der Waals surface area contributed by atoms with E-state index in [4.69, 9.17) is 0 Å². The van der Waals surface area contributed by atoms with Gasteiger partial charge in [0, 0.05) is 6.42 Å². The summed E-state index contributed by atoms with van der Waals surface area (Å²) >= 11 is 0. The van der Waals surface area contributed by atoms with Crippen LogP contribution in [0.4, 0.5) is 4.39 Å². The van der Waals surface area contributed by atoms with Gasteiger partial charge in [0.25, 0.3) is 0 Å². The molecule has 1 aromatic rings. The predicted octanol–water partition coefficient (Wildman–Crippen LogP) is 4.35. The van der Waals surface area contributed by atoms with Crippen molar-refractivity contribution in [2.24, 2.45) is 5.92 Å². The van der Waals surface area contributed by atoms with E-state index in [0.29, 0.717) is 6.42 Å². The molecule has 0 bridgehead atoms. The SMILES string of the molecule is CC(C)CC(=O)c1cc(C(C)(C)C)ccc1F. The maximum atomic E-state index is 13.6. The largest absolute Gasteiger partial charge is 0.294 e. The minimum atomic E-state index is -0.413. The van der Waals surface area contributed by atoms with Gasteiger partial charge in [0.15, 0.2) is 5.78 Å². The summed E-state index contributed by atoms with van der Waals surface area (Å²) in [4.78, 5) is 11.9. The lowest BCUT2D eigenvalue weighted by Crippen LogP contribution is -2.14. The van der Waals surface area contributed by atoms with E-state index in [-0.39, 0.29) is 22.7 Å². The van der Waals surface area contributed by atoms with Crippen molar-refractivity contribution in [1.82, 2.24) is 0 Å². The lowest BCUT2D eigenvalue weighted by molar-refractivity contribution is 0.0964. The first-order valence-electron chi connectivity index (χ1n) is 6.05. The average Bonchev–Trinajstić information content (AvgIpc) is 2.15. The third kappa shape index (κ3) is 3.65. The fourth-order valence-corrected chi connectivity index (χ4v) is 1.69. The highest BCUT2D eigenvalue weighted by molar-refractivity contribution is 5.96. The molecule has 0 fully saturated rings. The molecule has 0 radical (unpaired) electrons. The molecule has 0 atom stereocenters. The predicted molar refractivity (Wildman–Crippen MR) is 68.9 cm³/mol. The van der Waals surface area contributed by atoms with Crippen LogP contribution in [0.15, 0.2) is 18.2 Å². The lowest BCUT2D eigenvalue weighted by Gasteiger charge is -2.20. The number of rotatable bonds is 3. The lowest BCUT2D eigenvalue weighted by atomic mass is 9.85. The summed E-state index contributed by atoms with van der Waals surface area (Å²) in [7, 11) is 0. The van der Waals surface area contributed by atoms with E-state index < -0.39 is 5.82 Å². The van der Waals surface area contributed by atoms with Crippen LogP contribution < -0.4 is 0 Å². The molecule has 0 aliphatic carbocycles. The minimum Gasteiger partial charge on any atom is -0.294 e. The standard InChI is InChI=1S/C15H21FO/c1-10(2)8-14(17)12-9-11(15(3,4)5)6-7-13(12)16/h6-7,9-10H,8H2,1-5H3. The smallest absolute Gasteiger partial charge is 0.166 e. The number of hydrogen-bond acceptors (Lipinski definition) is 1. The van der Waals surface area contributed by atoms with Gasteiger partial charge in [0.05, 0.1) is 5.56 Å². The molecule has 0 heterocycles. The van der Waals surface area contributed by atoms with Crippen molar-refractivity contribution in [3.63, 3.8) is 0 Å². The van der Waals surface area contributed by atoms with Crippen molar-refractivity contribution < 1.29 is 9.18 Å². The molecule has 17 heavy (non-hydrogen) atoms. The average molecular weight is 236 g/mol. The first-order valence-corrected chi connectivity index (χ1v) is 6.05. The van der Waals surface area contributed by atoms with Crippen LogP contribution in [0.3, 0.4) is 0 Å². The second-order valence-corrected chi connectivity index (χ2v) is 5.97. The van der Waals surface area contributed by atoms with Gasteiger partial charge in [-0.2, -0.15) is 0 Å². The number of Topliss-reactive ketones (excluding diaryl/α,β-unsaturated/α-hetero) is 1. The van der Waals surface area contributed by atoms with Crippen LogP contribution in [0, 0.1) is 11.7 Å². The molecule has 0 saturated carbocycles. The van der Waals surface area contributed by atoms with Gasteiger partial charge in [-0.1, -0.05) is 40.7 Å². The Labute approximate surface area is 103 Å². The highest BCUT2D eigenvalue weighted by Crippen LogP contribution is 2.25. The molecule has 94 valence electrons. The molecule has 0 spiro atoms. The normalized spacial score (nSPS) is 11.9. The Morgan fingerprint density at radius 2 is 1.88 bits per heavy atom. The van der Waals surface area contributed by atoms with Crippen molar-refractivity contribution in [2.45, 2.75) is 46.5 Å². The summed E-state index contributed by atoms with van der Waals surface area (Å²) < 4.78 is 13.6. The van der Waals surface area contributed by atoms with Gasteiger partial charge in [0.2, 0.25) is 0 Å². The number of carbonyl (C=O) groups is 1. The Hall–Kier alpha value is -1.18. The summed E-state index contributed by atoms with van der Waals surface area (Å²) in [5, 5.41) is 0. The Morgan fingerprint density at radius 3 is 2.35 bits per heavy atom. The topological polar surface area (TPSA) is 17.1 Å². The second kappa shape index (κ2) is 4.99. The van der Waals surface area contributed by atoms with Crippen LogP contribution >= 0.6 is 0 Å². The molecule has 0 amide bonds. The Bertz CT molecular complexity index is 413. The summed E-state index contributed by atoms with van der Waals surface area (Å²) in [5.74, 6) is -0.271. The van der Waals surface area contributed by atoms with Gasteiger partial charge in [0.1, 0.15) is 5.82 Å². The van der Waals surface area contributed by atoms with E-state index in [1.165, 1.54) is 6.07 Å². The van der Waals surface area contributed by atoms with Crippen molar-refractivity contribution >= 4 is 5.78 Å². The first kappa shape index (κ1) is 13.9. The molecule has 1 aromatic carbocycles. The van der Waals surface area contributed by atoms with Crippen LogP contribution in [0.1, 0.15) is 57.0 Å². The van der Waals surface area contributed by atoms with Crippen molar-refractivity contribution in [3.8, 4) is 0 Å². The third-order valence-electron chi connectivity index (χ3n) is 2.73. The van der Waals surface area contributed by atoms with Crippen LogP contribution in [0.25, 0.3) is 0 Å². The zero-order valence-corrected chi connectivity index (χ0v) is 11.3. The molecular weight excluding hydrogens is 215 g/mol.